The van der Waals surface area contributed by atoms with Gasteiger partial charge in [-0.1, -0.05) is 23.4 Å². The number of benzene rings is 1. The fraction of sp³-hybridized carbons (Fsp3) is 0.471. The summed E-state index contributed by atoms with van der Waals surface area (Å²) in [6.07, 6.45) is -0.719. The Morgan fingerprint density at radius 1 is 1.36 bits per heavy atom. The Hall–Kier alpha value is -1.57. The van der Waals surface area contributed by atoms with E-state index >= 15 is 0 Å². The van der Waals surface area contributed by atoms with Gasteiger partial charge in [0.25, 0.3) is 5.56 Å². The maximum Gasteiger partial charge on any atom is 0.262 e. The molecular weight excluding hydrogens is 362 g/mol. The van der Waals surface area contributed by atoms with Gasteiger partial charge in [0, 0.05) is 11.1 Å². The molecule has 2 N–H and O–H groups in total. The minimum Gasteiger partial charge on any atom is -0.392 e. The summed E-state index contributed by atoms with van der Waals surface area (Å²) in [5, 5.41) is 13.4. The molecule has 0 saturated carbocycles. The van der Waals surface area contributed by atoms with Gasteiger partial charge in [0.15, 0.2) is 5.16 Å². The van der Waals surface area contributed by atoms with Gasteiger partial charge >= 0.3 is 0 Å². The molecule has 0 spiro atoms. The van der Waals surface area contributed by atoms with Crippen LogP contribution in [-0.2, 0) is 11.3 Å². The number of fused-ring (bicyclic) bond motifs is 1. The molecule has 0 aliphatic carbocycles. The Morgan fingerprint density at radius 2 is 2.04 bits per heavy atom. The maximum atomic E-state index is 12.8. The molecule has 0 bridgehead atoms. The number of aliphatic hydroxyl groups excluding tert-OH is 1. The SMILES string of the molecule is CC(O)Cn1c(SC(C)C(=O)NC(C)C)nc2cc(Cl)ccc2c1=O. The molecule has 1 amide bonds. The van der Waals surface area contributed by atoms with E-state index in [1.165, 1.54) is 16.3 Å². The predicted molar refractivity (Wildman–Crippen MR) is 101 cm³/mol. The number of aromatic nitrogens is 2. The van der Waals surface area contributed by atoms with Gasteiger partial charge in [0.1, 0.15) is 0 Å². The van der Waals surface area contributed by atoms with Crippen LogP contribution in [0, 0.1) is 0 Å². The van der Waals surface area contributed by atoms with Crippen LogP contribution in [0.4, 0.5) is 0 Å². The number of thioether (sulfide) groups is 1. The van der Waals surface area contributed by atoms with Gasteiger partial charge in [-0.2, -0.15) is 0 Å². The number of hydrogen-bond acceptors (Lipinski definition) is 5. The second kappa shape index (κ2) is 8.21. The number of nitrogens with one attached hydrogen (secondary N) is 1. The average Bonchev–Trinajstić information content (AvgIpc) is 2.49. The highest BCUT2D eigenvalue weighted by molar-refractivity contribution is 8.00. The largest absolute Gasteiger partial charge is 0.392 e. The summed E-state index contributed by atoms with van der Waals surface area (Å²) >= 11 is 7.18. The summed E-state index contributed by atoms with van der Waals surface area (Å²) in [6.45, 7) is 7.22. The monoisotopic (exact) mass is 383 g/mol. The first-order chi connectivity index (χ1) is 11.7. The number of carbonyl (C=O) groups excluding carboxylic acids is 1. The maximum absolute atomic E-state index is 12.8. The zero-order valence-corrected chi connectivity index (χ0v) is 16.2. The molecule has 25 heavy (non-hydrogen) atoms. The first kappa shape index (κ1) is 19.8. The normalized spacial score (nSPS) is 13.9. The number of hydrogen-bond donors (Lipinski definition) is 2. The third-order valence-electron chi connectivity index (χ3n) is 3.41. The molecule has 1 heterocycles. The number of rotatable bonds is 6. The Balaban J connectivity index is 2.48. The molecule has 2 atom stereocenters. The van der Waals surface area contributed by atoms with Gasteiger partial charge in [-0.05, 0) is 45.9 Å². The van der Waals surface area contributed by atoms with Crippen molar-refractivity contribution in [1.29, 1.82) is 0 Å². The third-order valence-corrected chi connectivity index (χ3v) is 4.74. The average molecular weight is 384 g/mol. The van der Waals surface area contributed by atoms with E-state index in [-0.39, 0.29) is 24.1 Å². The van der Waals surface area contributed by atoms with Crippen LogP contribution < -0.4 is 10.9 Å². The van der Waals surface area contributed by atoms with E-state index in [0.29, 0.717) is 21.1 Å². The zero-order chi connectivity index (χ0) is 18.7. The Kier molecular flexibility index (Phi) is 6.48. The molecule has 2 rings (SSSR count). The van der Waals surface area contributed by atoms with Gasteiger partial charge in [-0.25, -0.2) is 4.98 Å². The Labute approximate surface area is 155 Å². The van der Waals surface area contributed by atoms with Crippen molar-refractivity contribution >= 4 is 40.2 Å². The quantitative estimate of drug-likeness (QED) is 0.591. The highest BCUT2D eigenvalue weighted by Gasteiger charge is 2.20. The van der Waals surface area contributed by atoms with Crippen LogP contribution in [0.5, 0.6) is 0 Å². The molecule has 0 aliphatic rings. The van der Waals surface area contributed by atoms with Gasteiger partial charge in [-0.3, -0.25) is 14.2 Å². The smallest absolute Gasteiger partial charge is 0.262 e. The molecule has 2 aromatic rings. The summed E-state index contributed by atoms with van der Waals surface area (Å²) < 4.78 is 1.41. The van der Waals surface area contributed by atoms with Crippen LogP contribution in [0.15, 0.2) is 28.2 Å². The van der Waals surface area contributed by atoms with E-state index in [4.69, 9.17) is 11.6 Å². The molecule has 136 valence electrons. The molecule has 0 fully saturated rings. The number of amides is 1. The van der Waals surface area contributed by atoms with Crippen LogP contribution in [-0.4, -0.2) is 38.0 Å². The van der Waals surface area contributed by atoms with Crippen molar-refractivity contribution in [3.63, 3.8) is 0 Å². The minimum atomic E-state index is -0.719. The molecule has 2 unspecified atom stereocenters. The van der Waals surface area contributed by atoms with Crippen LogP contribution in [0.3, 0.4) is 0 Å². The van der Waals surface area contributed by atoms with Crippen molar-refractivity contribution in [1.82, 2.24) is 14.9 Å². The lowest BCUT2D eigenvalue weighted by Gasteiger charge is -2.18. The lowest BCUT2D eigenvalue weighted by molar-refractivity contribution is -0.120. The molecule has 0 aliphatic heterocycles. The van der Waals surface area contributed by atoms with Crippen molar-refractivity contribution in [2.45, 2.75) is 56.8 Å². The molecular formula is C17H22ClN3O3S. The fourth-order valence-electron chi connectivity index (χ4n) is 2.30. The van der Waals surface area contributed by atoms with Crippen LogP contribution >= 0.6 is 23.4 Å². The lowest BCUT2D eigenvalue weighted by atomic mass is 10.2. The van der Waals surface area contributed by atoms with Crippen molar-refractivity contribution in [2.75, 3.05) is 0 Å². The van der Waals surface area contributed by atoms with Gasteiger partial charge in [0.05, 0.1) is 28.8 Å². The van der Waals surface area contributed by atoms with Crippen molar-refractivity contribution in [2.24, 2.45) is 0 Å². The van der Waals surface area contributed by atoms with E-state index in [0.717, 1.165) is 0 Å². The van der Waals surface area contributed by atoms with E-state index in [9.17, 15) is 14.7 Å². The Bertz CT molecular complexity index is 836. The molecule has 1 aromatic heterocycles. The van der Waals surface area contributed by atoms with E-state index in [1.807, 2.05) is 13.8 Å². The number of halogens is 1. The second-order valence-electron chi connectivity index (χ2n) is 6.24. The van der Waals surface area contributed by atoms with Crippen molar-refractivity contribution < 1.29 is 9.90 Å². The first-order valence-electron chi connectivity index (χ1n) is 8.04. The highest BCUT2D eigenvalue weighted by Crippen LogP contribution is 2.24. The first-order valence-corrected chi connectivity index (χ1v) is 9.30. The summed E-state index contributed by atoms with van der Waals surface area (Å²) in [5.41, 5.74) is 0.208. The van der Waals surface area contributed by atoms with Crippen molar-refractivity contribution in [3.8, 4) is 0 Å². The zero-order valence-electron chi connectivity index (χ0n) is 14.6. The molecule has 8 heteroatoms. The topological polar surface area (TPSA) is 84.2 Å². The fourth-order valence-corrected chi connectivity index (χ4v) is 3.40. The van der Waals surface area contributed by atoms with Crippen molar-refractivity contribution in [3.05, 3.63) is 33.6 Å². The van der Waals surface area contributed by atoms with E-state index in [2.05, 4.69) is 10.3 Å². The van der Waals surface area contributed by atoms with E-state index in [1.54, 1.807) is 32.0 Å². The minimum absolute atomic E-state index is 0.0265. The second-order valence-corrected chi connectivity index (χ2v) is 7.99. The van der Waals surface area contributed by atoms with Gasteiger partial charge in [-0.15, -0.1) is 0 Å². The van der Waals surface area contributed by atoms with Crippen LogP contribution in [0.1, 0.15) is 27.7 Å². The lowest BCUT2D eigenvalue weighted by Crippen LogP contribution is -2.36. The molecule has 0 saturated heterocycles. The van der Waals surface area contributed by atoms with Crippen LogP contribution in [0.2, 0.25) is 5.02 Å². The summed E-state index contributed by atoms with van der Waals surface area (Å²) in [5.74, 6) is -0.135. The number of aliphatic hydroxyl groups is 1. The summed E-state index contributed by atoms with van der Waals surface area (Å²) in [7, 11) is 0. The standard InChI is InChI=1S/C17H22ClN3O3S/c1-9(2)19-15(23)11(4)25-17-20-14-7-12(18)5-6-13(14)16(24)21(17)8-10(3)22/h5-7,9-11,22H,8H2,1-4H3,(H,19,23). The molecule has 6 nitrogen and oxygen atoms in total. The summed E-state index contributed by atoms with van der Waals surface area (Å²) in [6, 6.07) is 4.90. The summed E-state index contributed by atoms with van der Waals surface area (Å²) in [4.78, 5) is 29.5. The van der Waals surface area contributed by atoms with Crippen LogP contribution in [0.25, 0.3) is 10.9 Å². The highest BCUT2D eigenvalue weighted by atomic mass is 35.5. The Morgan fingerprint density at radius 3 is 2.64 bits per heavy atom. The van der Waals surface area contributed by atoms with E-state index < -0.39 is 11.4 Å². The predicted octanol–water partition coefficient (Wildman–Crippen LogP) is 2.44. The molecule has 1 aromatic carbocycles. The van der Waals surface area contributed by atoms with Gasteiger partial charge < -0.3 is 10.4 Å². The molecule has 0 radical (unpaired) electrons. The number of nitrogens with zero attached hydrogens (tertiary/aromatic N) is 2. The number of carbonyl (C=O) groups is 1. The van der Waals surface area contributed by atoms with Gasteiger partial charge in [0.2, 0.25) is 5.91 Å². The third kappa shape index (κ3) is 4.96.